The van der Waals surface area contributed by atoms with Crippen LogP contribution in [0.1, 0.15) is 68.6 Å². The summed E-state index contributed by atoms with van der Waals surface area (Å²) in [4.78, 5) is 65.4. The Balaban J connectivity index is 0.766. The van der Waals surface area contributed by atoms with Crippen molar-refractivity contribution in [2.75, 3.05) is 19.8 Å². The van der Waals surface area contributed by atoms with E-state index in [1.807, 2.05) is 0 Å². The second-order valence-electron chi connectivity index (χ2n) is 14.3. The molecule has 3 saturated heterocycles. The number of nitrogens with one attached hydrogen (secondary N) is 2. The fourth-order valence-electron chi connectivity index (χ4n) is 9.45. The molecular weight excluding hydrogens is 638 g/mol. The predicted octanol–water partition coefficient (Wildman–Crippen LogP) is 3.27. The van der Waals surface area contributed by atoms with Crippen LogP contribution in [0.5, 0.6) is 0 Å². The first-order chi connectivity index (χ1) is 23.6. The second-order valence-corrected chi connectivity index (χ2v) is 14.3. The fraction of sp³-hybridized carbons (Fsp3) is 0.618. The maximum absolute atomic E-state index is 14.2. The number of ketones is 1. The van der Waals surface area contributed by atoms with Crippen molar-refractivity contribution in [3.63, 3.8) is 0 Å². The summed E-state index contributed by atoms with van der Waals surface area (Å²) in [7, 11) is 0. The van der Waals surface area contributed by atoms with E-state index in [0.717, 1.165) is 17.6 Å². The Morgan fingerprint density at radius 2 is 1.96 bits per heavy atom. The number of carbonyl (C=O) groups excluding carboxylic acids is 5. The van der Waals surface area contributed by atoms with Crippen molar-refractivity contribution in [1.82, 2.24) is 10.6 Å². The summed E-state index contributed by atoms with van der Waals surface area (Å²) in [6, 6.07) is 5.35. The zero-order valence-corrected chi connectivity index (χ0v) is 27.0. The van der Waals surface area contributed by atoms with Crippen LogP contribution in [0.2, 0.25) is 0 Å². The second kappa shape index (κ2) is 11.4. The Kier molecular flexibility index (Phi) is 7.41. The van der Waals surface area contributed by atoms with Gasteiger partial charge in [-0.25, -0.2) is 9.59 Å². The summed E-state index contributed by atoms with van der Waals surface area (Å²) < 4.78 is 29.7. The van der Waals surface area contributed by atoms with Gasteiger partial charge in [0, 0.05) is 33.7 Å². The summed E-state index contributed by atoms with van der Waals surface area (Å²) in [6.07, 6.45) is 3.55. The molecule has 5 fully saturated rings. The standard InChI is InChI=1S/C34H37N5O10/c1-31-12-10-21-22(17-46-28(21)42)23(31)15-24-33(47-24)29(43)32(25(48-32)26-34(31,33)49-26)11-4-14-45-30(44)36-13-3-2-5-20(16-40)37-27(41)18-6-8-19(9-7-18)38-39-35/h6-9,16,20,23-26H,2-5,10-15,17H2,1H3,(H,36,44)(H,37,41)/t20-,23-,24-,25-,26-,31-,32-,33+,34+/m0/s1. The van der Waals surface area contributed by atoms with Gasteiger partial charge in [-0.3, -0.25) is 9.59 Å². The minimum absolute atomic E-state index is 0.0561. The van der Waals surface area contributed by atoms with E-state index in [0.29, 0.717) is 75.6 Å². The summed E-state index contributed by atoms with van der Waals surface area (Å²) in [6.45, 7) is 2.92. The van der Waals surface area contributed by atoms with Gasteiger partial charge < -0.3 is 39.1 Å². The van der Waals surface area contributed by atoms with Gasteiger partial charge in [0.25, 0.3) is 5.91 Å². The zero-order valence-electron chi connectivity index (χ0n) is 27.0. The molecule has 0 unspecified atom stereocenters. The molecule has 9 atom stereocenters. The maximum Gasteiger partial charge on any atom is 0.407 e. The lowest BCUT2D eigenvalue weighted by Gasteiger charge is -2.51. The van der Waals surface area contributed by atoms with E-state index in [2.05, 4.69) is 27.6 Å². The lowest BCUT2D eigenvalue weighted by atomic mass is 9.47. The third-order valence-electron chi connectivity index (χ3n) is 12.0. The van der Waals surface area contributed by atoms with Crippen molar-refractivity contribution in [2.24, 2.45) is 16.4 Å². The minimum Gasteiger partial charge on any atom is -0.458 e. The van der Waals surface area contributed by atoms with Crippen molar-refractivity contribution >= 4 is 35.7 Å². The molecule has 1 aromatic rings. The number of nitrogens with zero attached hydrogens (tertiary/aromatic N) is 3. The molecule has 49 heavy (non-hydrogen) atoms. The molecule has 0 aromatic heterocycles. The number of hydrogen-bond donors (Lipinski definition) is 2. The number of epoxide rings is 3. The molecule has 2 spiro atoms. The number of fused-ring (bicyclic) bond motifs is 4. The van der Waals surface area contributed by atoms with Gasteiger partial charge in [-0.2, -0.15) is 0 Å². The van der Waals surface area contributed by atoms with Gasteiger partial charge >= 0.3 is 12.1 Å². The number of unbranched alkanes of at least 4 members (excludes halogenated alkanes) is 1. The Hall–Kier alpha value is -4.30. The number of carbonyl (C=O) groups is 5. The zero-order chi connectivity index (χ0) is 34.2. The van der Waals surface area contributed by atoms with Crippen LogP contribution in [-0.2, 0) is 38.1 Å². The topological polar surface area (TPSA) is 214 Å². The van der Waals surface area contributed by atoms with Crippen molar-refractivity contribution in [2.45, 2.75) is 99.4 Å². The molecule has 1 aromatic carbocycles. The van der Waals surface area contributed by atoms with Crippen LogP contribution in [0.25, 0.3) is 10.4 Å². The van der Waals surface area contributed by atoms with Crippen molar-refractivity contribution in [3.05, 3.63) is 51.4 Å². The average molecular weight is 676 g/mol. The smallest absolute Gasteiger partial charge is 0.407 e. The molecule has 0 bridgehead atoms. The molecule has 258 valence electrons. The number of amides is 2. The number of benzene rings is 1. The average Bonchev–Trinajstić information content (AvgIpc) is 4.03. The lowest BCUT2D eigenvalue weighted by Crippen LogP contribution is -2.66. The number of hydrogen-bond acceptors (Lipinski definition) is 11. The van der Waals surface area contributed by atoms with Gasteiger partial charge in [0.1, 0.15) is 30.7 Å². The van der Waals surface area contributed by atoms with Gasteiger partial charge in [0.2, 0.25) is 5.78 Å². The summed E-state index contributed by atoms with van der Waals surface area (Å²) in [5.74, 6) is -0.637. The van der Waals surface area contributed by atoms with Crippen LogP contribution < -0.4 is 10.6 Å². The van der Waals surface area contributed by atoms with E-state index < -0.39 is 34.8 Å². The number of alkyl carbamates (subject to hydrolysis) is 1. The third kappa shape index (κ3) is 4.59. The molecule has 15 nitrogen and oxygen atoms in total. The van der Waals surface area contributed by atoms with Crippen molar-refractivity contribution in [1.29, 1.82) is 0 Å². The monoisotopic (exact) mass is 675 g/mol. The molecule has 8 rings (SSSR count). The van der Waals surface area contributed by atoms with Crippen LogP contribution in [0.15, 0.2) is 40.5 Å². The highest BCUT2D eigenvalue weighted by molar-refractivity contribution is 6.05. The van der Waals surface area contributed by atoms with E-state index in [4.69, 9.17) is 29.2 Å². The van der Waals surface area contributed by atoms with E-state index >= 15 is 0 Å². The van der Waals surface area contributed by atoms with E-state index in [9.17, 15) is 24.0 Å². The maximum atomic E-state index is 14.2. The molecule has 4 heterocycles. The van der Waals surface area contributed by atoms with E-state index in [1.165, 1.54) is 24.3 Å². The van der Waals surface area contributed by atoms with Crippen LogP contribution in [0.4, 0.5) is 10.5 Å². The van der Waals surface area contributed by atoms with Crippen LogP contribution in [-0.4, -0.2) is 91.0 Å². The van der Waals surface area contributed by atoms with Gasteiger partial charge in [-0.05, 0) is 80.5 Å². The first kappa shape index (κ1) is 31.9. The summed E-state index contributed by atoms with van der Waals surface area (Å²) >= 11 is 0. The highest BCUT2D eigenvalue weighted by atomic mass is 16.7. The Labute approximate surface area is 281 Å². The fourth-order valence-corrected chi connectivity index (χ4v) is 9.45. The van der Waals surface area contributed by atoms with Crippen molar-refractivity contribution < 1.29 is 47.7 Å². The predicted molar refractivity (Wildman–Crippen MR) is 166 cm³/mol. The number of cyclic esters (lactones) is 1. The molecule has 15 heteroatoms. The highest BCUT2D eigenvalue weighted by Gasteiger charge is 3.00. The number of ether oxygens (including phenoxy) is 5. The first-order valence-corrected chi connectivity index (χ1v) is 16.9. The highest BCUT2D eigenvalue weighted by Crippen LogP contribution is 2.81. The van der Waals surface area contributed by atoms with Crippen LogP contribution in [0.3, 0.4) is 0 Å². The van der Waals surface area contributed by atoms with Gasteiger partial charge in [0.05, 0.1) is 18.8 Å². The number of azide groups is 1. The van der Waals surface area contributed by atoms with Crippen LogP contribution in [0, 0.1) is 11.3 Å². The number of Topliss-reactive ketones (excluding diaryl/α,β-unsaturated/α-hetero) is 1. The molecule has 2 N–H and O–H groups in total. The van der Waals surface area contributed by atoms with Crippen molar-refractivity contribution in [3.8, 4) is 0 Å². The molecule has 2 amide bonds. The first-order valence-electron chi connectivity index (χ1n) is 16.9. The molecule has 0 radical (unpaired) electrons. The molecule has 7 aliphatic rings. The van der Waals surface area contributed by atoms with Gasteiger partial charge in [-0.15, -0.1) is 0 Å². The number of rotatable bonds is 13. The minimum atomic E-state index is -1.03. The molecule has 3 aliphatic carbocycles. The van der Waals surface area contributed by atoms with Gasteiger partial charge in [0.15, 0.2) is 11.2 Å². The van der Waals surface area contributed by atoms with Gasteiger partial charge in [-0.1, -0.05) is 24.2 Å². The summed E-state index contributed by atoms with van der Waals surface area (Å²) in [5.41, 5.74) is 7.89. The Morgan fingerprint density at radius 3 is 2.73 bits per heavy atom. The van der Waals surface area contributed by atoms with Crippen LogP contribution >= 0.6 is 0 Å². The largest absolute Gasteiger partial charge is 0.458 e. The third-order valence-corrected chi connectivity index (χ3v) is 12.0. The number of esters is 1. The lowest BCUT2D eigenvalue weighted by molar-refractivity contribution is -0.138. The molecule has 2 saturated carbocycles. The Morgan fingerprint density at radius 1 is 1.14 bits per heavy atom. The molecule has 4 aliphatic heterocycles. The molecular formula is C34H37N5O10. The number of aldehydes is 1. The summed E-state index contributed by atoms with van der Waals surface area (Å²) in [5, 5.41) is 8.82. The van der Waals surface area contributed by atoms with E-state index in [1.54, 1.807) is 0 Å². The SMILES string of the molecule is C[C@]12CCC3=C(COC3=O)[C@@H]1C[C@@H]1O[C@@]13C(=O)[C@@]1(CCCOC(=O)NCCCC[C@@H](C=O)NC(=O)c4ccc(N=[N+]=[N-])cc4)O[C@H]1[C@@H]1O[C@]123. The Bertz CT molecular complexity index is 1730. The normalized spacial score (nSPS) is 37.3. The van der Waals surface area contributed by atoms with E-state index in [-0.39, 0.29) is 48.0 Å². The quantitative estimate of drug-likeness (QED) is 0.0592.